The fourth-order valence-electron chi connectivity index (χ4n) is 2.31. The first-order chi connectivity index (χ1) is 10.1. The number of anilines is 1. The van der Waals surface area contributed by atoms with E-state index in [0.717, 1.165) is 18.4 Å². The van der Waals surface area contributed by atoms with Crippen LogP contribution >= 0.6 is 0 Å². The SMILES string of the molecule is Nc1ccc(F)cc1C(=O)N(Cc1ccncc1)C1CC1. The van der Waals surface area contributed by atoms with E-state index in [1.165, 1.54) is 18.2 Å². The van der Waals surface area contributed by atoms with Gasteiger partial charge in [-0.3, -0.25) is 9.78 Å². The van der Waals surface area contributed by atoms with Crippen molar-refractivity contribution < 1.29 is 9.18 Å². The van der Waals surface area contributed by atoms with Crippen LogP contribution < -0.4 is 5.73 Å². The van der Waals surface area contributed by atoms with Crippen LogP contribution in [0, 0.1) is 5.82 Å². The second-order valence-corrected chi connectivity index (χ2v) is 5.25. The molecule has 0 unspecified atom stereocenters. The van der Waals surface area contributed by atoms with E-state index < -0.39 is 5.82 Å². The number of nitrogens with zero attached hydrogens (tertiary/aromatic N) is 2. The molecule has 2 aromatic rings. The second kappa shape index (κ2) is 5.52. The van der Waals surface area contributed by atoms with E-state index >= 15 is 0 Å². The van der Waals surface area contributed by atoms with Gasteiger partial charge in [-0.25, -0.2) is 4.39 Å². The van der Waals surface area contributed by atoms with Gasteiger partial charge in [-0.2, -0.15) is 0 Å². The fourth-order valence-corrected chi connectivity index (χ4v) is 2.31. The Labute approximate surface area is 122 Å². The molecule has 0 atom stereocenters. The second-order valence-electron chi connectivity index (χ2n) is 5.25. The Bertz CT molecular complexity index is 656. The van der Waals surface area contributed by atoms with Gasteiger partial charge in [-0.15, -0.1) is 0 Å². The summed E-state index contributed by atoms with van der Waals surface area (Å²) in [5, 5.41) is 0. The number of benzene rings is 1. The molecule has 21 heavy (non-hydrogen) atoms. The van der Waals surface area contributed by atoms with Gasteiger partial charge in [0.05, 0.1) is 5.56 Å². The molecule has 1 aromatic carbocycles. The van der Waals surface area contributed by atoms with Crippen LogP contribution in [-0.4, -0.2) is 21.8 Å². The van der Waals surface area contributed by atoms with E-state index in [1.807, 2.05) is 12.1 Å². The molecule has 4 nitrogen and oxygen atoms in total. The van der Waals surface area contributed by atoms with Crippen LogP contribution in [0.3, 0.4) is 0 Å². The van der Waals surface area contributed by atoms with Gasteiger partial charge < -0.3 is 10.6 Å². The van der Waals surface area contributed by atoms with Crippen molar-refractivity contribution in [1.29, 1.82) is 0 Å². The quantitative estimate of drug-likeness (QED) is 0.878. The Balaban J connectivity index is 1.87. The smallest absolute Gasteiger partial charge is 0.256 e. The lowest BCUT2D eigenvalue weighted by atomic mass is 10.1. The Hall–Kier alpha value is -2.43. The van der Waals surface area contributed by atoms with Gasteiger partial charge in [0.1, 0.15) is 5.82 Å². The molecule has 0 bridgehead atoms. The Morgan fingerprint density at radius 2 is 2.00 bits per heavy atom. The van der Waals surface area contributed by atoms with Crippen molar-refractivity contribution in [3.05, 3.63) is 59.7 Å². The number of aromatic nitrogens is 1. The molecular weight excluding hydrogens is 269 g/mol. The third kappa shape index (κ3) is 3.02. The maximum atomic E-state index is 13.4. The molecule has 0 spiro atoms. The zero-order chi connectivity index (χ0) is 14.8. The number of halogens is 1. The van der Waals surface area contributed by atoms with Crippen LogP contribution in [0.15, 0.2) is 42.7 Å². The summed E-state index contributed by atoms with van der Waals surface area (Å²) >= 11 is 0. The third-order valence-electron chi connectivity index (χ3n) is 3.60. The number of rotatable bonds is 4. The minimum Gasteiger partial charge on any atom is -0.398 e. The number of nitrogens with two attached hydrogens (primary N) is 1. The van der Waals surface area contributed by atoms with Crippen molar-refractivity contribution in [2.45, 2.75) is 25.4 Å². The fraction of sp³-hybridized carbons (Fsp3) is 0.250. The van der Waals surface area contributed by atoms with Gasteiger partial charge in [0.15, 0.2) is 0 Å². The summed E-state index contributed by atoms with van der Waals surface area (Å²) < 4.78 is 13.4. The molecule has 0 aliphatic heterocycles. The molecule has 1 aromatic heterocycles. The number of carbonyl (C=O) groups is 1. The van der Waals surface area contributed by atoms with Crippen LogP contribution in [-0.2, 0) is 6.54 Å². The molecule has 3 rings (SSSR count). The van der Waals surface area contributed by atoms with Gasteiger partial charge in [-0.05, 0) is 48.7 Å². The minimum absolute atomic E-state index is 0.216. The van der Waals surface area contributed by atoms with Gasteiger partial charge in [-0.1, -0.05) is 0 Å². The molecule has 1 aliphatic carbocycles. The van der Waals surface area contributed by atoms with E-state index in [4.69, 9.17) is 5.73 Å². The summed E-state index contributed by atoms with van der Waals surface area (Å²) in [5.74, 6) is -0.668. The number of nitrogen functional groups attached to an aromatic ring is 1. The minimum atomic E-state index is -0.452. The van der Waals surface area contributed by atoms with Gasteiger partial charge in [0, 0.05) is 30.7 Å². The molecule has 1 heterocycles. The zero-order valence-electron chi connectivity index (χ0n) is 11.5. The van der Waals surface area contributed by atoms with Gasteiger partial charge >= 0.3 is 0 Å². The van der Waals surface area contributed by atoms with Crippen molar-refractivity contribution in [2.24, 2.45) is 0 Å². The number of carbonyl (C=O) groups excluding carboxylic acids is 1. The Kier molecular flexibility index (Phi) is 3.56. The predicted octanol–water partition coefficient (Wildman–Crippen LogP) is 2.61. The van der Waals surface area contributed by atoms with E-state index in [-0.39, 0.29) is 17.5 Å². The summed E-state index contributed by atoms with van der Waals surface area (Å²) in [6.07, 6.45) is 5.35. The van der Waals surface area contributed by atoms with Crippen LogP contribution in [0.25, 0.3) is 0 Å². The molecule has 1 amide bonds. The highest BCUT2D eigenvalue weighted by Crippen LogP contribution is 2.30. The Morgan fingerprint density at radius 1 is 1.29 bits per heavy atom. The standard InChI is InChI=1S/C16H16FN3O/c17-12-1-4-15(18)14(9-12)16(21)20(13-2-3-13)10-11-5-7-19-8-6-11/h1,4-9,13H,2-3,10,18H2. The Morgan fingerprint density at radius 3 is 2.67 bits per heavy atom. The zero-order valence-corrected chi connectivity index (χ0v) is 11.5. The van der Waals surface area contributed by atoms with Crippen molar-refractivity contribution >= 4 is 11.6 Å². The maximum Gasteiger partial charge on any atom is 0.256 e. The monoisotopic (exact) mass is 285 g/mol. The lowest BCUT2D eigenvalue weighted by Crippen LogP contribution is -2.33. The number of hydrogen-bond acceptors (Lipinski definition) is 3. The molecule has 5 heteroatoms. The van der Waals surface area contributed by atoms with Crippen LogP contribution in [0.4, 0.5) is 10.1 Å². The maximum absolute atomic E-state index is 13.4. The first kappa shape index (κ1) is 13.5. The van der Waals surface area contributed by atoms with Crippen LogP contribution in [0.2, 0.25) is 0 Å². The van der Waals surface area contributed by atoms with Crippen LogP contribution in [0.5, 0.6) is 0 Å². The third-order valence-corrected chi connectivity index (χ3v) is 3.60. The largest absolute Gasteiger partial charge is 0.398 e. The summed E-state index contributed by atoms with van der Waals surface area (Å²) in [7, 11) is 0. The molecular formula is C16H16FN3O. The average molecular weight is 285 g/mol. The highest BCUT2D eigenvalue weighted by atomic mass is 19.1. The number of amides is 1. The lowest BCUT2D eigenvalue weighted by molar-refractivity contribution is 0.0730. The highest BCUT2D eigenvalue weighted by Gasteiger charge is 2.33. The van der Waals surface area contributed by atoms with Gasteiger partial charge in [0.2, 0.25) is 0 Å². The summed E-state index contributed by atoms with van der Waals surface area (Å²) in [6, 6.07) is 7.86. The molecule has 1 fully saturated rings. The number of pyridine rings is 1. The van der Waals surface area contributed by atoms with Crippen molar-refractivity contribution in [2.75, 3.05) is 5.73 Å². The van der Waals surface area contributed by atoms with Crippen LogP contribution in [0.1, 0.15) is 28.8 Å². The van der Waals surface area contributed by atoms with Gasteiger partial charge in [0.25, 0.3) is 5.91 Å². The first-order valence-corrected chi connectivity index (χ1v) is 6.90. The van der Waals surface area contributed by atoms with E-state index in [0.29, 0.717) is 12.2 Å². The molecule has 1 aliphatic rings. The number of hydrogen-bond donors (Lipinski definition) is 1. The van der Waals surface area contributed by atoms with Crippen molar-refractivity contribution in [3.8, 4) is 0 Å². The molecule has 1 saturated carbocycles. The normalized spacial score (nSPS) is 14.0. The van der Waals surface area contributed by atoms with Crippen molar-refractivity contribution in [1.82, 2.24) is 9.88 Å². The topological polar surface area (TPSA) is 59.2 Å². The highest BCUT2D eigenvalue weighted by molar-refractivity contribution is 5.99. The first-order valence-electron chi connectivity index (χ1n) is 6.90. The summed E-state index contributed by atoms with van der Waals surface area (Å²) in [4.78, 5) is 18.4. The average Bonchev–Trinajstić information content (AvgIpc) is 3.32. The van der Waals surface area contributed by atoms with E-state index in [2.05, 4.69) is 4.98 Å². The molecule has 108 valence electrons. The molecule has 2 N–H and O–H groups in total. The van der Waals surface area contributed by atoms with Crippen molar-refractivity contribution in [3.63, 3.8) is 0 Å². The molecule has 0 saturated heterocycles. The summed E-state index contributed by atoms with van der Waals surface area (Å²) in [5.41, 5.74) is 7.36. The predicted molar refractivity (Wildman–Crippen MR) is 77.9 cm³/mol. The van der Waals surface area contributed by atoms with E-state index in [9.17, 15) is 9.18 Å². The molecule has 0 radical (unpaired) electrons. The lowest BCUT2D eigenvalue weighted by Gasteiger charge is -2.23. The van der Waals surface area contributed by atoms with E-state index in [1.54, 1.807) is 17.3 Å². The summed E-state index contributed by atoms with van der Waals surface area (Å²) in [6.45, 7) is 0.488.